The molecule has 1 aliphatic rings. The van der Waals surface area contributed by atoms with Gasteiger partial charge in [-0.15, -0.1) is 10.2 Å². The number of rotatable bonds is 2. The minimum absolute atomic E-state index is 0.625. The van der Waals surface area contributed by atoms with Gasteiger partial charge in [0.1, 0.15) is 0 Å². The van der Waals surface area contributed by atoms with Crippen LogP contribution >= 0.6 is 0 Å². The van der Waals surface area contributed by atoms with Gasteiger partial charge in [0.2, 0.25) is 5.66 Å². The van der Waals surface area contributed by atoms with Crippen LogP contribution in [0.1, 0.15) is 18.1 Å². The van der Waals surface area contributed by atoms with Gasteiger partial charge in [0.25, 0.3) is 0 Å². The summed E-state index contributed by atoms with van der Waals surface area (Å²) in [5.41, 5.74) is 1.57. The fraction of sp³-hybridized carbons (Fsp3) is 0.300. The second-order valence-corrected chi connectivity index (χ2v) is 3.35. The lowest BCUT2D eigenvalue weighted by molar-refractivity contribution is 0.518. The lowest BCUT2D eigenvalue weighted by atomic mass is 10.0. The van der Waals surface area contributed by atoms with Crippen LogP contribution in [0, 0.1) is 6.92 Å². The van der Waals surface area contributed by atoms with Crippen LogP contribution in [0.5, 0.6) is 0 Å². The Bertz CT molecular complexity index is 366. The minimum atomic E-state index is -0.625. The number of hydrogen-bond acceptors (Lipinski definition) is 4. The van der Waals surface area contributed by atoms with Crippen molar-refractivity contribution in [3.63, 3.8) is 0 Å². The van der Waals surface area contributed by atoms with Crippen molar-refractivity contribution in [2.75, 3.05) is 0 Å². The van der Waals surface area contributed by atoms with Crippen LogP contribution in [0.4, 0.5) is 0 Å². The molecule has 1 radical (unpaired) electrons. The number of nitrogens with zero attached hydrogens (tertiary/aromatic N) is 4. The highest BCUT2D eigenvalue weighted by Gasteiger charge is 2.28. The second-order valence-electron chi connectivity index (χ2n) is 3.35. The van der Waals surface area contributed by atoms with Gasteiger partial charge >= 0.3 is 0 Å². The minimum Gasteiger partial charge on any atom is -0.130 e. The molecule has 0 unspecified atom stereocenters. The Labute approximate surface area is 82.7 Å². The van der Waals surface area contributed by atoms with Crippen molar-refractivity contribution in [1.29, 1.82) is 0 Å². The van der Waals surface area contributed by atoms with Crippen LogP contribution in [0.25, 0.3) is 0 Å². The number of hydrogen-bond donors (Lipinski definition) is 0. The summed E-state index contributed by atoms with van der Waals surface area (Å²) in [6.07, 6.45) is 0.792. The van der Waals surface area contributed by atoms with E-state index in [1.807, 2.05) is 31.2 Å². The van der Waals surface area contributed by atoms with E-state index in [4.69, 9.17) is 0 Å². The van der Waals surface area contributed by atoms with Crippen molar-refractivity contribution in [3.8, 4) is 0 Å². The van der Waals surface area contributed by atoms with Crippen LogP contribution in [-0.4, -0.2) is 0 Å². The molecule has 4 heteroatoms. The maximum absolute atomic E-state index is 3.97. The summed E-state index contributed by atoms with van der Waals surface area (Å²) in [6, 6.07) is 8.03. The molecule has 0 atom stereocenters. The summed E-state index contributed by atoms with van der Waals surface area (Å²) in [5, 5.41) is 15.0. The SMILES string of the molecule is [CH2]Cc1ccc(C2(C)N=NN=N2)cc1. The highest BCUT2D eigenvalue weighted by molar-refractivity contribution is 5.28. The summed E-state index contributed by atoms with van der Waals surface area (Å²) in [4.78, 5) is 0. The number of benzene rings is 1. The van der Waals surface area contributed by atoms with Gasteiger partial charge < -0.3 is 0 Å². The molecule has 0 fully saturated rings. The zero-order valence-electron chi connectivity index (χ0n) is 8.01. The second kappa shape index (κ2) is 3.29. The lowest BCUT2D eigenvalue weighted by Crippen LogP contribution is -2.12. The van der Waals surface area contributed by atoms with Gasteiger partial charge in [-0.1, -0.05) is 24.3 Å². The van der Waals surface area contributed by atoms with Crippen LogP contribution in [0.15, 0.2) is 44.9 Å². The van der Waals surface area contributed by atoms with Gasteiger partial charge in [0, 0.05) is 5.56 Å². The van der Waals surface area contributed by atoms with Crippen molar-refractivity contribution < 1.29 is 0 Å². The summed E-state index contributed by atoms with van der Waals surface area (Å²) >= 11 is 0. The lowest BCUT2D eigenvalue weighted by Gasteiger charge is -2.13. The predicted molar refractivity (Wildman–Crippen MR) is 52.6 cm³/mol. The largest absolute Gasteiger partial charge is 0.217 e. The third-order valence-corrected chi connectivity index (χ3v) is 2.31. The Balaban J connectivity index is 2.33. The molecule has 0 spiro atoms. The predicted octanol–water partition coefficient (Wildman–Crippen LogP) is 3.07. The smallest absolute Gasteiger partial charge is 0.130 e. The van der Waals surface area contributed by atoms with Gasteiger partial charge in [-0.05, 0) is 36.3 Å². The maximum atomic E-state index is 3.97. The average molecular weight is 187 g/mol. The first-order chi connectivity index (χ1) is 6.74. The van der Waals surface area contributed by atoms with Crippen LogP contribution in [0.3, 0.4) is 0 Å². The molecule has 4 nitrogen and oxygen atoms in total. The topological polar surface area (TPSA) is 49.4 Å². The van der Waals surface area contributed by atoms with E-state index in [0.717, 1.165) is 12.0 Å². The third-order valence-electron chi connectivity index (χ3n) is 2.31. The molecule has 1 aromatic rings. The third kappa shape index (κ3) is 1.43. The van der Waals surface area contributed by atoms with Gasteiger partial charge in [-0.3, -0.25) is 0 Å². The Morgan fingerprint density at radius 3 is 2.21 bits per heavy atom. The summed E-state index contributed by atoms with van der Waals surface area (Å²) in [7, 11) is 0. The van der Waals surface area contributed by atoms with Crippen molar-refractivity contribution in [2.24, 2.45) is 20.7 Å². The molecule has 0 aromatic heterocycles. The van der Waals surface area contributed by atoms with E-state index in [2.05, 4.69) is 27.6 Å². The van der Waals surface area contributed by atoms with Crippen LogP contribution in [0.2, 0.25) is 0 Å². The molecule has 1 aliphatic heterocycles. The van der Waals surface area contributed by atoms with E-state index in [9.17, 15) is 0 Å². The van der Waals surface area contributed by atoms with Crippen LogP contribution < -0.4 is 0 Å². The molecule has 1 aromatic carbocycles. The molecule has 2 rings (SSSR count). The van der Waals surface area contributed by atoms with E-state index in [0.29, 0.717) is 0 Å². The molecule has 0 saturated heterocycles. The molecular weight excluding hydrogens is 176 g/mol. The van der Waals surface area contributed by atoms with E-state index < -0.39 is 5.66 Å². The van der Waals surface area contributed by atoms with Crippen LogP contribution in [-0.2, 0) is 12.1 Å². The van der Waals surface area contributed by atoms with Crippen molar-refractivity contribution in [1.82, 2.24) is 0 Å². The first-order valence-electron chi connectivity index (χ1n) is 4.47. The molecule has 71 valence electrons. The highest BCUT2D eigenvalue weighted by atomic mass is 15.6. The van der Waals surface area contributed by atoms with Crippen molar-refractivity contribution >= 4 is 0 Å². The summed E-state index contributed by atoms with van der Waals surface area (Å²) in [5.74, 6) is 0. The fourth-order valence-electron chi connectivity index (χ4n) is 1.34. The zero-order valence-corrected chi connectivity index (χ0v) is 8.01. The Hall–Kier alpha value is -1.58. The van der Waals surface area contributed by atoms with Gasteiger partial charge in [-0.25, -0.2) is 0 Å². The normalized spacial score (nSPS) is 17.6. The molecule has 0 N–H and O–H groups in total. The maximum Gasteiger partial charge on any atom is 0.217 e. The molecule has 0 saturated carbocycles. The van der Waals surface area contributed by atoms with E-state index in [1.54, 1.807) is 0 Å². The Morgan fingerprint density at radius 2 is 1.71 bits per heavy atom. The van der Waals surface area contributed by atoms with E-state index in [-0.39, 0.29) is 0 Å². The zero-order chi connectivity index (χ0) is 10.0. The van der Waals surface area contributed by atoms with E-state index >= 15 is 0 Å². The molecular formula is C10H11N4. The Morgan fingerprint density at radius 1 is 1.14 bits per heavy atom. The average Bonchev–Trinajstić information content (AvgIpc) is 2.67. The molecule has 0 amide bonds. The molecule has 1 heterocycles. The highest BCUT2D eigenvalue weighted by Crippen LogP contribution is 2.31. The summed E-state index contributed by atoms with van der Waals surface area (Å²) < 4.78 is 0. The summed E-state index contributed by atoms with van der Waals surface area (Å²) in [6.45, 7) is 5.70. The first kappa shape index (κ1) is 8.99. The molecule has 0 bridgehead atoms. The Kier molecular flexibility index (Phi) is 2.11. The fourth-order valence-corrected chi connectivity index (χ4v) is 1.34. The van der Waals surface area contributed by atoms with Gasteiger partial charge in [0.05, 0.1) is 0 Å². The first-order valence-corrected chi connectivity index (χ1v) is 4.47. The molecule has 0 aliphatic carbocycles. The van der Waals surface area contributed by atoms with E-state index in [1.165, 1.54) is 5.56 Å². The monoisotopic (exact) mass is 187 g/mol. The van der Waals surface area contributed by atoms with Crippen molar-refractivity contribution in [3.05, 3.63) is 42.3 Å². The quantitative estimate of drug-likeness (QED) is 0.683. The van der Waals surface area contributed by atoms with Crippen molar-refractivity contribution in [2.45, 2.75) is 19.0 Å². The van der Waals surface area contributed by atoms with Gasteiger partial charge in [-0.2, -0.15) is 0 Å². The standard InChI is InChI=1S/C10H11N4/c1-3-8-4-6-9(7-5-8)10(2)11-13-14-12-10/h4-7H,1,3H2,2H3. The van der Waals surface area contributed by atoms with Gasteiger partial charge in [0.15, 0.2) is 0 Å². The molecule has 14 heavy (non-hydrogen) atoms.